The minimum absolute atomic E-state index is 0.00926. The zero-order valence-corrected chi connectivity index (χ0v) is 23.7. The lowest BCUT2D eigenvalue weighted by molar-refractivity contribution is -0.168. The molecule has 3 atom stereocenters. The Hall–Kier alpha value is -2.40. The maximum absolute atomic E-state index is 10.1. The minimum atomic E-state index is -0.798. The Bertz CT molecular complexity index is 1310. The van der Waals surface area contributed by atoms with Gasteiger partial charge in [-0.3, -0.25) is 4.98 Å². The molecule has 204 valence electrons. The Morgan fingerprint density at radius 3 is 2.74 bits per heavy atom. The van der Waals surface area contributed by atoms with Crippen molar-refractivity contribution in [1.29, 1.82) is 0 Å². The van der Waals surface area contributed by atoms with E-state index in [4.69, 9.17) is 24.4 Å². The van der Waals surface area contributed by atoms with Crippen molar-refractivity contribution in [2.24, 2.45) is 17.3 Å². The number of hydrogen-bond donors (Lipinski definition) is 3. The average Bonchev–Trinajstić information content (AvgIpc) is 3.34. The molecular formula is C28H38N6O3S. The fourth-order valence-electron chi connectivity index (χ4n) is 6.07. The van der Waals surface area contributed by atoms with Gasteiger partial charge in [-0.2, -0.15) is 4.98 Å². The number of thiazole rings is 1. The SMILES string of the molecule is Cc1nc(NCC(C)(C)CC2CC2)nc(NC23CCC(CO)C2OC(C)(C)O3)c1-c1nc2cnccc2s1. The van der Waals surface area contributed by atoms with Crippen LogP contribution in [0.4, 0.5) is 11.8 Å². The van der Waals surface area contributed by atoms with Gasteiger partial charge in [-0.1, -0.05) is 26.7 Å². The molecule has 0 spiro atoms. The number of anilines is 2. The van der Waals surface area contributed by atoms with E-state index >= 15 is 0 Å². The number of fused-ring (bicyclic) bond motifs is 2. The maximum atomic E-state index is 10.1. The van der Waals surface area contributed by atoms with Crippen LogP contribution in [0.15, 0.2) is 18.5 Å². The molecule has 3 unspecified atom stereocenters. The number of aromatic nitrogens is 4. The molecule has 10 heteroatoms. The summed E-state index contributed by atoms with van der Waals surface area (Å²) in [6, 6.07) is 1.98. The lowest BCUT2D eigenvalue weighted by Gasteiger charge is -2.31. The standard InChI is InChI=1S/C28H38N6O3S/c1-16-21(24-32-19-13-29-11-9-20(19)38-24)23(33-25(31-16)30-15-26(2,3)12-17-6-7-17)34-28-10-8-18(14-35)22(28)36-27(4,5)37-28/h9,11,13,17-18,22,35H,6-8,10,12,14-15H2,1-5H3,(H2,30,31,33,34). The molecule has 0 aromatic carbocycles. The Kier molecular flexibility index (Phi) is 6.37. The Labute approximate surface area is 227 Å². The highest BCUT2D eigenvalue weighted by Gasteiger charge is 2.60. The third-order valence-corrected chi connectivity index (χ3v) is 8.99. The number of pyridine rings is 1. The summed E-state index contributed by atoms with van der Waals surface area (Å²) >= 11 is 1.60. The highest BCUT2D eigenvalue weighted by Crippen LogP contribution is 2.50. The first-order chi connectivity index (χ1) is 18.1. The second-order valence-electron chi connectivity index (χ2n) is 12.4. The number of ether oxygens (including phenoxy) is 2. The van der Waals surface area contributed by atoms with Crippen molar-refractivity contribution in [3.8, 4) is 10.6 Å². The molecule has 6 rings (SSSR count). The largest absolute Gasteiger partial charge is 0.396 e. The molecule has 0 radical (unpaired) electrons. The van der Waals surface area contributed by atoms with E-state index in [-0.39, 0.29) is 24.0 Å². The number of aliphatic hydroxyl groups excluding tert-OH is 1. The van der Waals surface area contributed by atoms with Crippen LogP contribution in [0.2, 0.25) is 0 Å². The normalized spacial score (nSPS) is 26.6. The van der Waals surface area contributed by atoms with Crippen LogP contribution in [0.1, 0.15) is 65.5 Å². The van der Waals surface area contributed by atoms with Crippen LogP contribution in [0.3, 0.4) is 0 Å². The van der Waals surface area contributed by atoms with Crippen LogP contribution >= 0.6 is 11.3 Å². The number of aliphatic hydroxyl groups is 1. The molecule has 0 bridgehead atoms. The molecule has 1 aliphatic heterocycles. The zero-order chi connectivity index (χ0) is 26.7. The Morgan fingerprint density at radius 2 is 2.00 bits per heavy atom. The summed E-state index contributed by atoms with van der Waals surface area (Å²) < 4.78 is 13.9. The fourth-order valence-corrected chi connectivity index (χ4v) is 7.10. The van der Waals surface area contributed by atoms with Gasteiger partial charge < -0.3 is 25.2 Å². The second kappa shape index (κ2) is 9.36. The van der Waals surface area contributed by atoms with E-state index in [0.717, 1.165) is 45.4 Å². The van der Waals surface area contributed by atoms with Crippen molar-refractivity contribution in [3.05, 3.63) is 24.2 Å². The van der Waals surface area contributed by atoms with Crippen LogP contribution < -0.4 is 10.6 Å². The lowest BCUT2D eigenvalue weighted by atomic mass is 9.87. The summed E-state index contributed by atoms with van der Waals surface area (Å²) in [5.41, 5.74) is 1.89. The van der Waals surface area contributed by atoms with Gasteiger partial charge in [-0.25, -0.2) is 9.97 Å². The topological polar surface area (TPSA) is 114 Å². The molecule has 38 heavy (non-hydrogen) atoms. The van der Waals surface area contributed by atoms with Gasteiger partial charge in [0.2, 0.25) is 5.95 Å². The highest BCUT2D eigenvalue weighted by molar-refractivity contribution is 7.21. The number of hydrogen-bond acceptors (Lipinski definition) is 10. The van der Waals surface area contributed by atoms with Gasteiger partial charge in [-0.05, 0) is 57.4 Å². The molecule has 9 nitrogen and oxygen atoms in total. The third-order valence-electron chi connectivity index (χ3n) is 7.93. The van der Waals surface area contributed by atoms with Crippen LogP contribution in [0, 0.1) is 24.2 Å². The summed E-state index contributed by atoms with van der Waals surface area (Å²) in [4.78, 5) is 19.0. The first-order valence-electron chi connectivity index (χ1n) is 13.7. The molecule has 3 aromatic heterocycles. The number of nitrogens with zero attached hydrogens (tertiary/aromatic N) is 4. The molecule has 2 aliphatic carbocycles. The highest BCUT2D eigenvalue weighted by atomic mass is 32.1. The molecular weight excluding hydrogens is 500 g/mol. The van der Waals surface area contributed by atoms with Crippen LogP contribution in [-0.2, 0) is 9.47 Å². The Balaban J connectivity index is 1.38. The minimum Gasteiger partial charge on any atom is -0.396 e. The van der Waals surface area contributed by atoms with Crippen LogP contribution in [0.5, 0.6) is 0 Å². The predicted octanol–water partition coefficient (Wildman–Crippen LogP) is 5.36. The molecule has 1 saturated heterocycles. The molecule has 3 aliphatic rings. The molecule has 3 fully saturated rings. The first-order valence-corrected chi connectivity index (χ1v) is 14.5. The van der Waals surface area contributed by atoms with E-state index in [2.05, 4.69) is 29.5 Å². The summed E-state index contributed by atoms with van der Waals surface area (Å²) in [6.45, 7) is 11.3. The van der Waals surface area contributed by atoms with E-state index < -0.39 is 11.5 Å². The van der Waals surface area contributed by atoms with Crippen LogP contribution in [0.25, 0.3) is 20.8 Å². The van der Waals surface area contributed by atoms with Crippen molar-refractivity contribution in [3.63, 3.8) is 0 Å². The summed E-state index contributed by atoms with van der Waals surface area (Å²) in [7, 11) is 0. The van der Waals surface area contributed by atoms with Gasteiger partial charge in [0.15, 0.2) is 11.5 Å². The Morgan fingerprint density at radius 1 is 1.18 bits per heavy atom. The molecule has 3 N–H and O–H groups in total. The smallest absolute Gasteiger partial charge is 0.224 e. The maximum Gasteiger partial charge on any atom is 0.224 e. The van der Waals surface area contributed by atoms with E-state index in [1.54, 1.807) is 23.7 Å². The van der Waals surface area contributed by atoms with E-state index in [0.29, 0.717) is 18.2 Å². The average molecular weight is 539 g/mol. The number of rotatable bonds is 9. The summed E-state index contributed by atoms with van der Waals surface area (Å²) in [6.07, 6.45) is 8.67. The second-order valence-corrected chi connectivity index (χ2v) is 13.5. The molecule has 0 amide bonds. The number of nitrogens with one attached hydrogen (secondary N) is 2. The number of aryl methyl sites for hydroxylation is 1. The van der Waals surface area contributed by atoms with Gasteiger partial charge >= 0.3 is 0 Å². The monoisotopic (exact) mass is 538 g/mol. The molecule has 3 aromatic rings. The molecule has 4 heterocycles. The van der Waals surface area contributed by atoms with Gasteiger partial charge in [0.05, 0.1) is 22.2 Å². The van der Waals surface area contributed by atoms with Gasteiger partial charge in [0.1, 0.15) is 22.4 Å². The first kappa shape index (κ1) is 25.9. The van der Waals surface area contributed by atoms with Crippen molar-refractivity contribution in [2.45, 2.75) is 84.3 Å². The molecule has 2 saturated carbocycles. The predicted molar refractivity (Wildman–Crippen MR) is 149 cm³/mol. The van der Waals surface area contributed by atoms with Crippen molar-refractivity contribution in [2.75, 3.05) is 23.8 Å². The van der Waals surface area contributed by atoms with Crippen LogP contribution in [-0.4, -0.2) is 55.8 Å². The van der Waals surface area contributed by atoms with E-state index in [1.807, 2.05) is 26.8 Å². The van der Waals surface area contributed by atoms with E-state index in [9.17, 15) is 5.11 Å². The van der Waals surface area contributed by atoms with Crippen molar-refractivity contribution in [1.82, 2.24) is 19.9 Å². The van der Waals surface area contributed by atoms with E-state index in [1.165, 1.54) is 19.3 Å². The van der Waals surface area contributed by atoms with Gasteiger partial charge in [0, 0.05) is 25.3 Å². The summed E-state index contributed by atoms with van der Waals surface area (Å²) in [5, 5.41) is 18.1. The lowest BCUT2D eigenvalue weighted by Crippen LogP contribution is -2.46. The zero-order valence-electron chi connectivity index (χ0n) is 22.9. The van der Waals surface area contributed by atoms with Crippen molar-refractivity contribution >= 4 is 33.3 Å². The van der Waals surface area contributed by atoms with Crippen molar-refractivity contribution < 1.29 is 14.6 Å². The fraction of sp³-hybridized carbons (Fsp3) is 0.643. The van der Waals surface area contributed by atoms with Gasteiger partial charge in [0.25, 0.3) is 0 Å². The third kappa shape index (κ3) is 4.99. The van der Waals surface area contributed by atoms with Gasteiger partial charge in [-0.15, -0.1) is 11.3 Å². The summed E-state index contributed by atoms with van der Waals surface area (Å²) in [5.74, 6) is 1.32. The quantitative estimate of drug-likeness (QED) is 0.331.